The minimum absolute atomic E-state index is 0.182. The van der Waals surface area contributed by atoms with Crippen LogP contribution in [0.15, 0.2) is 41.8 Å². The molecule has 2 heterocycles. The molecular formula is C20H25N3O2S. The maximum atomic E-state index is 12.5. The summed E-state index contributed by atoms with van der Waals surface area (Å²) in [6.07, 6.45) is 2.50. The zero-order chi connectivity index (χ0) is 18.4. The highest BCUT2D eigenvalue weighted by molar-refractivity contribution is 7.10. The van der Waals surface area contributed by atoms with Crippen molar-refractivity contribution in [2.24, 2.45) is 5.92 Å². The van der Waals surface area contributed by atoms with Crippen LogP contribution in [0.4, 0.5) is 10.5 Å². The lowest BCUT2D eigenvalue weighted by Crippen LogP contribution is -2.44. The van der Waals surface area contributed by atoms with Crippen LogP contribution in [0, 0.1) is 12.8 Å². The van der Waals surface area contributed by atoms with Gasteiger partial charge in [-0.1, -0.05) is 23.8 Å². The maximum absolute atomic E-state index is 12.5. The summed E-state index contributed by atoms with van der Waals surface area (Å²) in [5.74, 6) is 0.487. The van der Waals surface area contributed by atoms with Crippen molar-refractivity contribution in [2.75, 3.05) is 25.0 Å². The molecule has 1 fully saturated rings. The van der Waals surface area contributed by atoms with Gasteiger partial charge in [-0.25, -0.2) is 4.79 Å². The number of amides is 3. The Balaban J connectivity index is 1.43. The molecule has 3 rings (SSSR count). The first-order valence-electron chi connectivity index (χ1n) is 9.02. The quantitative estimate of drug-likeness (QED) is 0.843. The van der Waals surface area contributed by atoms with Crippen LogP contribution in [0.1, 0.15) is 23.3 Å². The molecule has 1 saturated heterocycles. The molecule has 1 unspecified atom stereocenters. The molecule has 5 nitrogen and oxygen atoms in total. The summed E-state index contributed by atoms with van der Waals surface area (Å²) in [5, 5.41) is 7.78. The molecule has 1 atom stereocenters. The predicted octanol–water partition coefficient (Wildman–Crippen LogP) is 3.66. The van der Waals surface area contributed by atoms with Gasteiger partial charge in [-0.15, -0.1) is 11.3 Å². The van der Waals surface area contributed by atoms with E-state index in [0.29, 0.717) is 18.9 Å². The van der Waals surface area contributed by atoms with E-state index in [1.807, 2.05) is 53.6 Å². The normalized spacial score (nSPS) is 17.0. The number of hydrogen-bond acceptors (Lipinski definition) is 3. The minimum Gasteiger partial charge on any atom is -0.342 e. The molecular weight excluding hydrogens is 346 g/mol. The smallest absolute Gasteiger partial charge is 0.319 e. The Morgan fingerprint density at radius 3 is 2.77 bits per heavy atom. The van der Waals surface area contributed by atoms with Gasteiger partial charge in [0.1, 0.15) is 0 Å². The SMILES string of the molecule is Cc1ccc(NC(=O)NCC2CCCN(C(=O)Cc3cccs3)C2)cc1. The molecule has 6 heteroatoms. The van der Waals surface area contributed by atoms with E-state index in [2.05, 4.69) is 10.6 Å². The van der Waals surface area contributed by atoms with Crippen molar-refractivity contribution >= 4 is 29.0 Å². The summed E-state index contributed by atoms with van der Waals surface area (Å²) in [5.41, 5.74) is 1.94. The van der Waals surface area contributed by atoms with E-state index in [-0.39, 0.29) is 11.9 Å². The highest BCUT2D eigenvalue weighted by Gasteiger charge is 2.24. The van der Waals surface area contributed by atoms with Gasteiger partial charge in [-0.2, -0.15) is 0 Å². The van der Waals surface area contributed by atoms with Crippen molar-refractivity contribution in [1.29, 1.82) is 0 Å². The van der Waals surface area contributed by atoms with E-state index in [0.717, 1.165) is 42.1 Å². The fourth-order valence-electron chi connectivity index (χ4n) is 3.18. The van der Waals surface area contributed by atoms with Gasteiger partial charge >= 0.3 is 6.03 Å². The Hall–Kier alpha value is -2.34. The van der Waals surface area contributed by atoms with Crippen molar-refractivity contribution in [1.82, 2.24) is 10.2 Å². The van der Waals surface area contributed by atoms with Gasteiger partial charge in [0.15, 0.2) is 0 Å². The molecule has 0 bridgehead atoms. The summed E-state index contributed by atoms with van der Waals surface area (Å²) < 4.78 is 0. The summed E-state index contributed by atoms with van der Waals surface area (Å²) in [7, 11) is 0. The monoisotopic (exact) mass is 371 g/mol. The molecule has 138 valence electrons. The maximum Gasteiger partial charge on any atom is 0.319 e. The van der Waals surface area contributed by atoms with Crippen LogP contribution in [0.25, 0.3) is 0 Å². The van der Waals surface area contributed by atoms with Gasteiger partial charge in [0, 0.05) is 30.2 Å². The number of carbonyl (C=O) groups excluding carboxylic acids is 2. The van der Waals surface area contributed by atoms with Crippen LogP contribution >= 0.6 is 11.3 Å². The Morgan fingerprint density at radius 1 is 1.23 bits per heavy atom. The number of aryl methyl sites for hydroxylation is 1. The number of hydrogen-bond donors (Lipinski definition) is 2. The molecule has 0 saturated carbocycles. The zero-order valence-corrected chi connectivity index (χ0v) is 15.8. The minimum atomic E-state index is -0.198. The number of likely N-dealkylation sites (tertiary alicyclic amines) is 1. The average molecular weight is 372 g/mol. The second-order valence-electron chi connectivity index (χ2n) is 6.81. The number of benzene rings is 1. The average Bonchev–Trinajstić information content (AvgIpc) is 3.15. The molecule has 26 heavy (non-hydrogen) atoms. The second-order valence-corrected chi connectivity index (χ2v) is 7.84. The molecule has 0 radical (unpaired) electrons. The van der Waals surface area contributed by atoms with Crippen molar-refractivity contribution < 1.29 is 9.59 Å². The van der Waals surface area contributed by atoms with Crippen molar-refractivity contribution in [3.05, 3.63) is 52.2 Å². The first-order valence-corrected chi connectivity index (χ1v) is 9.90. The lowest BCUT2D eigenvalue weighted by molar-refractivity contribution is -0.132. The molecule has 0 aliphatic carbocycles. The summed E-state index contributed by atoms with van der Waals surface area (Å²) in [4.78, 5) is 27.6. The zero-order valence-electron chi connectivity index (χ0n) is 15.0. The number of thiophene rings is 1. The standard InChI is InChI=1S/C20H25N3O2S/c1-15-6-8-17(9-7-15)22-20(25)21-13-16-4-2-10-23(14-16)19(24)12-18-5-3-11-26-18/h3,5-9,11,16H,2,4,10,12-14H2,1H3,(H2,21,22,25). The number of anilines is 1. The molecule has 3 amide bonds. The molecule has 1 aromatic heterocycles. The van der Waals surface area contributed by atoms with Crippen molar-refractivity contribution in [2.45, 2.75) is 26.2 Å². The van der Waals surface area contributed by atoms with Crippen molar-refractivity contribution in [3.8, 4) is 0 Å². The van der Waals surface area contributed by atoms with E-state index in [9.17, 15) is 9.59 Å². The number of urea groups is 1. The summed E-state index contributed by atoms with van der Waals surface area (Å²) >= 11 is 1.62. The number of carbonyl (C=O) groups is 2. The number of rotatable bonds is 5. The summed E-state index contributed by atoms with van der Waals surface area (Å²) in [6.45, 7) is 4.13. The Labute approximate surface area is 158 Å². The van der Waals surface area contributed by atoms with Gasteiger partial charge in [-0.05, 0) is 49.3 Å². The van der Waals surface area contributed by atoms with E-state index >= 15 is 0 Å². The van der Waals surface area contributed by atoms with Crippen LogP contribution in [0.5, 0.6) is 0 Å². The molecule has 0 spiro atoms. The van der Waals surface area contributed by atoms with E-state index in [1.54, 1.807) is 11.3 Å². The fourth-order valence-corrected chi connectivity index (χ4v) is 3.88. The van der Waals surface area contributed by atoms with Crippen LogP contribution in [0.3, 0.4) is 0 Å². The van der Waals surface area contributed by atoms with E-state index in [4.69, 9.17) is 0 Å². The summed E-state index contributed by atoms with van der Waals surface area (Å²) in [6, 6.07) is 11.5. The molecule has 1 aliphatic heterocycles. The van der Waals surface area contributed by atoms with Crippen LogP contribution < -0.4 is 10.6 Å². The third kappa shape index (κ3) is 5.33. The molecule has 1 aliphatic rings. The predicted molar refractivity (Wildman–Crippen MR) is 106 cm³/mol. The largest absolute Gasteiger partial charge is 0.342 e. The topological polar surface area (TPSA) is 61.4 Å². The third-order valence-corrected chi connectivity index (χ3v) is 5.51. The highest BCUT2D eigenvalue weighted by atomic mass is 32.1. The van der Waals surface area contributed by atoms with Crippen molar-refractivity contribution in [3.63, 3.8) is 0 Å². The number of piperidine rings is 1. The molecule has 2 N–H and O–H groups in total. The first kappa shape index (κ1) is 18.5. The molecule has 1 aromatic carbocycles. The van der Waals surface area contributed by atoms with Gasteiger partial charge in [0.2, 0.25) is 5.91 Å². The third-order valence-electron chi connectivity index (χ3n) is 4.64. The van der Waals surface area contributed by atoms with E-state index < -0.39 is 0 Å². The van der Waals surface area contributed by atoms with Gasteiger partial charge in [-0.3, -0.25) is 4.79 Å². The van der Waals surface area contributed by atoms with E-state index in [1.165, 1.54) is 0 Å². The van der Waals surface area contributed by atoms with Crippen LogP contribution in [0.2, 0.25) is 0 Å². The van der Waals surface area contributed by atoms with Gasteiger partial charge < -0.3 is 15.5 Å². The lowest BCUT2D eigenvalue weighted by Gasteiger charge is -2.33. The Morgan fingerprint density at radius 2 is 2.04 bits per heavy atom. The van der Waals surface area contributed by atoms with Crippen LogP contribution in [-0.4, -0.2) is 36.5 Å². The van der Waals surface area contributed by atoms with Gasteiger partial charge in [0.25, 0.3) is 0 Å². The second kappa shape index (κ2) is 8.85. The first-order chi connectivity index (χ1) is 12.6. The van der Waals surface area contributed by atoms with Gasteiger partial charge in [0.05, 0.1) is 6.42 Å². The Kier molecular flexibility index (Phi) is 6.28. The molecule has 2 aromatic rings. The highest BCUT2D eigenvalue weighted by Crippen LogP contribution is 2.18. The number of nitrogens with one attached hydrogen (secondary N) is 2. The Bertz CT molecular complexity index is 728. The lowest BCUT2D eigenvalue weighted by atomic mass is 9.97. The fraction of sp³-hybridized carbons (Fsp3) is 0.400. The number of nitrogens with zero attached hydrogens (tertiary/aromatic N) is 1. The van der Waals surface area contributed by atoms with Crippen LogP contribution in [-0.2, 0) is 11.2 Å².